The van der Waals surface area contributed by atoms with E-state index in [1.54, 1.807) is 7.11 Å². The maximum atomic E-state index is 12.2. The molecular weight excluding hydrogens is 391 g/mol. The quantitative estimate of drug-likeness (QED) is 0.645. The van der Waals surface area contributed by atoms with Gasteiger partial charge in [-0.2, -0.15) is 0 Å². The van der Waals surface area contributed by atoms with Crippen LogP contribution >= 0.6 is 22.6 Å². The van der Waals surface area contributed by atoms with Crippen LogP contribution in [0.2, 0.25) is 0 Å². The average molecular weight is 406 g/mol. The number of anilines is 1. The lowest BCUT2D eigenvalue weighted by Crippen LogP contribution is -2.14. The zero-order valence-electron chi connectivity index (χ0n) is 12.0. The number of carbonyl (C=O) groups excluding carboxylic acids is 1. The molecule has 112 valence electrons. The van der Waals surface area contributed by atoms with Crippen LogP contribution in [0.25, 0.3) is 10.9 Å². The number of carbonyl (C=O) groups is 1. The fraction of sp³-hybridized carbons (Fsp3) is 0.118. The van der Waals surface area contributed by atoms with E-state index in [1.165, 1.54) is 0 Å². The summed E-state index contributed by atoms with van der Waals surface area (Å²) in [7, 11) is 1.64. The number of benzene rings is 2. The molecule has 0 spiro atoms. The van der Waals surface area contributed by atoms with Crippen LogP contribution in [0, 0.1) is 3.57 Å². The second-order valence-electron chi connectivity index (χ2n) is 4.96. The van der Waals surface area contributed by atoms with Crippen molar-refractivity contribution in [2.24, 2.45) is 0 Å². The maximum absolute atomic E-state index is 12.2. The van der Waals surface area contributed by atoms with Crippen LogP contribution in [0.4, 0.5) is 5.69 Å². The number of aromatic amines is 1. The minimum absolute atomic E-state index is 0.0364. The minimum atomic E-state index is -0.0364. The molecule has 1 amide bonds. The summed E-state index contributed by atoms with van der Waals surface area (Å²) in [5.41, 5.74) is 2.77. The van der Waals surface area contributed by atoms with Gasteiger partial charge in [0.2, 0.25) is 5.91 Å². The molecule has 1 heterocycles. The second kappa shape index (κ2) is 6.39. The van der Waals surface area contributed by atoms with Crippen LogP contribution in [0.15, 0.2) is 48.7 Å². The number of hydrogen-bond acceptors (Lipinski definition) is 2. The molecule has 1 aromatic heterocycles. The zero-order chi connectivity index (χ0) is 15.5. The van der Waals surface area contributed by atoms with Crippen LogP contribution in [-0.2, 0) is 11.2 Å². The van der Waals surface area contributed by atoms with E-state index in [0.29, 0.717) is 6.42 Å². The predicted molar refractivity (Wildman–Crippen MR) is 96.3 cm³/mol. The Morgan fingerprint density at radius 1 is 1.27 bits per heavy atom. The highest BCUT2D eigenvalue weighted by atomic mass is 127. The smallest absolute Gasteiger partial charge is 0.228 e. The molecule has 2 aromatic carbocycles. The van der Waals surface area contributed by atoms with Crippen molar-refractivity contribution >= 4 is 45.1 Å². The van der Waals surface area contributed by atoms with Gasteiger partial charge in [0.05, 0.1) is 13.5 Å². The monoisotopic (exact) mass is 406 g/mol. The van der Waals surface area contributed by atoms with Crippen molar-refractivity contribution in [3.05, 3.63) is 57.8 Å². The van der Waals surface area contributed by atoms with Crippen molar-refractivity contribution in [1.82, 2.24) is 4.98 Å². The number of fused-ring (bicyclic) bond motifs is 1. The summed E-state index contributed by atoms with van der Waals surface area (Å²) in [6, 6.07) is 13.5. The van der Waals surface area contributed by atoms with Gasteiger partial charge in [-0.05, 0) is 64.6 Å². The molecule has 0 saturated heterocycles. The first-order valence-electron chi connectivity index (χ1n) is 6.85. The van der Waals surface area contributed by atoms with Gasteiger partial charge in [0.1, 0.15) is 5.75 Å². The fourth-order valence-electron chi connectivity index (χ4n) is 2.38. The molecule has 4 nitrogen and oxygen atoms in total. The number of halogens is 1. The lowest BCUT2D eigenvalue weighted by Gasteiger charge is -2.05. The van der Waals surface area contributed by atoms with Crippen LogP contribution < -0.4 is 10.1 Å². The van der Waals surface area contributed by atoms with Crippen molar-refractivity contribution in [2.45, 2.75) is 6.42 Å². The maximum Gasteiger partial charge on any atom is 0.228 e. The first kappa shape index (κ1) is 14.9. The second-order valence-corrected chi connectivity index (χ2v) is 6.21. The standard InChI is InChI=1S/C17H15IN2O2/c1-22-14-5-6-16-15(9-14)11(10-19-16)7-17(21)20-13-4-2-3-12(18)8-13/h2-6,8-10,19H,7H2,1H3,(H,20,21). The summed E-state index contributed by atoms with van der Waals surface area (Å²) >= 11 is 2.22. The lowest BCUT2D eigenvalue weighted by atomic mass is 10.1. The molecule has 3 rings (SSSR count). The lowest BCUT2D eigenvalue weighted by molar-refractivity contribution is -0.115. The number of hydrogen-bond donors (Lipinski definition) is 2. The number of methoxy groups -OCH3 is 1. The van der Waals surface area contributed by atoms with Crippen LogP contribution in [0.5, 0.6) is 5.75 Å². The van der Waals surface area contributed by atoms with E-state index < -0.39 is 0 Å². The van der Waals surface area contributed by atoms with E-state index in [2.05, 4.69) is 32.9 Å². The van der Waals surface area contributed by atoms with Crippen LogP contribution in [0.3, 0.4) is 0 Å². The number of H-pyrrole nitrogens is 1. The molecular formula is C17H15IN2O2. The number of ether oxygens (including phenoxy) is 1. The number of nitrogens with one attached hydrogen (secondary N) is 2. The molecule has 0 atom stereocenters. The van der Waals surface area contributed by atoms with Crippen LogP contribution in [0.1, 0.15) is 5.56 Å². The number of aromatic nitrogens is 1. The molecule has 0 fully saturated rings. The summed E-state index contributed by atoms with van der Waals surface area (Å²) in [5.74, 6) is 0.747. The predicted octanol–water partition coefficient (Wildman–Crippen LogP) is 3.96. The summed E-state index contributed by atoms with van der Waals surface area (Å²) in [6.45, 7) is 0. The average Bonchev–Trinajstić information content (AvgIpc) is 2.89. The van der Waals surface area contributed by atoms with E-state index in [0.717, 1.165) is 31.5 Å². The topological polar surface area (TPSA) is 54.1 Å². The molecule has 0 bridgehead atoms. The highest BCUT2D eigenvalue weighted by Gasteiger charge is 2.10. The van der Waals surface area contributed by atoms with Gasteiger partial charge >= 0.3 is 0 Å². The highest BCUT2D eigenvalue weighted by molar-refractivity contribution is 14.1. The summed E-state index contributed by atoms with van der Waals surface area (Å²) in [4.78, 5) is 15.4. The van der Waals surface area contributed by atoms with Gasteiger partial charge in [0.25, 0.3) is 0 Å². The van der Waals surface area contributed by atoms with E-state index in [1.807, 2.05) is 48.7 Å². The Kier molecular flexibility index (Phi) is 4.33. The summed E-state index contributed by atoms with van der Waals surface area (Å²) < 4.78 is 6.34. The molecule has 2 N–H and O–H groups in total. The van der Waals surface area contributed by atoms with Gasteiger partial charge in [0, 0.05) is 26.4 Å². The molecule has 0 radical (unpaired) electrons. The van der Waals surface area contributed by atoms with E-state index in [4.69, 9.17) is 4.74 Å². The molecule has 0 saturated carbocycles. The first-order valence-corrected chi connectivity index (χ1v) is 7.93. The largest absolute Gasteiger partial charge is 0.497 e. The third kappa shape index (κ3) is 3.24. The van der Waals surface area contributed by atoms with E-state index >= 15 is 0 Å². The molecule has 0 aliphatic rings. The van der Waals surface area contributed by atoms with Gasteiger partial charge in [0.15, 0.2) is 0 Å². The van der Waals surface area contributed by atoms with Gasteiger partial charge in [-0.15, -0.1) is 0 Å². The number of amides is 1. The highest BCUT2D eigenvalue weighted by Crippen LogP contribution is 2.24. The molecule has 0 aliphatic heterocycles. The van der Waals surface area contributed by atoms with Gasteiger partial charge < -0.3 is 15.0 Å². The van der Waals surface area contributed by atoms with Crippen molar-refractivity contribution in [3.63, 3.8) is 0 Å². The Balaban J connectivity index is 1.79. The third-order valence-electron chi connectivity index (χ3n) is 3.43. The van der Waals surface area contributed by atoms with Gasteiger partial charge in [-0.3, -0.25) is 4.79 Å². The molecule has 0 unspecified atom stereocenters. The third-order valence-corrected chi connectivity index (χ3v) is 4.10. The fourth-order valence-corrected chi connectivity index (χ4v) is 2.92. The van der Waals surface area contributed by atoms with Crippen molar-refractivity contribution < 1.29 is 9.53 Å². The van der Waals surface area contributed by atoms with E-state index in [9.17, 15) is 4.79 Å². The number of rotatable bonds is 4. The Morgan fingerprint density at radius 2 is 2.14 bits per heavy atom. The normalized spacial score (nSPS) is 10.6. The van der Waals surface area contributed by atoms with Crippen molar-refractivity contribution in [2.75, 3.05) is 12.4 Å². The Hall–Kier alpha value is -2.02. The summed E-state index contributed by atoms with van der Waals surface area (Å²) in [6.07, 6.45) is 2.19. The zero-order valence-corrected chi connectivity index (χ0v) is 14.2. The van der Waals surface area contributed by atoms with Crippen LogP contribution in [-0.4, -0.2) is 18.0 Å². The Labute approximate surface area is 142 Å². The van der Waals surface area contributed by atoms with Crippen molar-refractivity contribution in [3.8, 4) is 5.75 Å². The molecule has 3 aromatic rings. The Bertz CT molecular complexity index is 826. The SMILES string of the molecule is COc1ccc2[nH]cc(CC(=O)Nc3cccc(I)c3)c2c1. The van der Waals surface area contributed by atoms with E-state index in [-0.39, 0.29) is 5.91 Å². The Morgan fingerprint density at radius 3 is 2.91 bits per heavy atom. The molecule has 22 heavy (non-hydrogen) atoms. The van der Waals surface area contributed by atoms with Gasteiger partial charge in [-0.25, -0.2) is 0 Å². The molecule has 0 aliphatic carbocycles. The minimum Gasteiger partial charge on any atom is -0.497 e. The van der Waals surface area contributed by atoms with Crippen molar-refractivity contribution in [1.29, 1.82) is 0 Å². The summed E-state index contributed by atoms with van der Waals surface area (Å²) in [5, 5.41) is 3.94. The van der Waals surface area contributed by atoms with Gasteiger partial charge in [-0.1, -0.05) is 6.07 Å². The first-order chi connectivity index (χ1) is 10.7. The molecule has 5 heteroatoms.